The molecule has 6 heteroatoms. The van der Waals surface area contributed by atoms with Crippen LogP contribution in [0.15, 0.2) is 43.3 Å². The maximum Gasteiger partial charge on any atom is 0.336 e. The molecule has 0 aliphatic carbocycles. The molecule has 0 aliphatic heterocycles. The minimum atomic E-state index is -1.02. The zero-order valence-corrected chi connectivity index (χ0v) is 12.5. The molecule has 2 aromatic rings. The number of rotatable bonds is 5. The first-order chi connectivity index (χ1) is 10.5. The highest BCUT2D eigenvalue weighted by atomic mass is 16.4. The number of hydrogen-bond acceptors (Lipinski definition) is 4. The Labute approximate surface area is 128 Å². The average molecular weight is 298 g/mol. The van der Waals surface area contributed by atoms with E-state index in [1.807, 2.05) is 13.8 Å². The third-order valence-corrected chi connectivity index (χ3v) is 3.16. The molecule has 0 amide bonds. The summed E-state index contributed by atoms with van der Waals surface area (Å²) in [5.74, 6) is -1.02. The van der Waals surface area contributed by atoms with Gasteiger partial charge in [-0.3, -0.25) is 0 Å². The summed E-state index contributed by atoms with van der Waals surface area (Å²) in [7, 11) is 0. The minimum Gasteiger partial charge on any atom is -0.478 e. The van der Waals surface area contributed by atoms with Crippen LogP contribution in [0.4, 0.5) is 0 Å². The van der Waals surface area contributed by atoms with E-state index >= 15 is 0 Å². The Morgan fingerprint density at radius 3 is 2.77 bits per heavy atom. The van der Waals surface area contributed by atoms with E-state index in [-0.39, 0.29) is 11.6 Å². The van der Waals surface area contributed by atoms with Crippen LogP contribution in [0.2, 0.25) is 0 Å². The molecule has 0 bridgehead atoms. The second-order valence-corrected chi connectivity index (χ2v) is 5.00. The number of nitrogens with two attached hydrogens (primary N) is 1. The molecule has 0 fully saturated rings. The van der Waals surface area contributed by atoms with Crippen LogP contribution in [0.1, 0.15) is 35.9 Å². The number of fused-ring (bicyclic) bond motifs is 1. The minimum absolute atomic E-state index is 0.0683. The molecule has 0 aliphatic rings. The zero-order valence-electron chi connectivity index (χ0n) is 12.5. The maximum absolute atomic E-state index is 11.5. The van der Waals surface area contributed by atoms with Crippen LogP contribution in [0.5, 0.6) is 0 Å². The first-order valence-electron chi connectivity index (χ1n) is 6.82. The van der Waals surface area contributed by atoms with Gasteiger partial charge in [-0.05, 0) is 32.2 Å². The summed E-state index contributed by atoms with van der Waals surface area (Å²) in [5, 5.41) is 14.2. The molecule has 0 atom stereocenters. The lowest BCUT2D eigenvalue weighted by Crippen LogP contribution is -2.06. The van der Waals surface area contributed by atoms with Crippen LogP contribution in [0.3, 0.4) is 0 Å². The fourth-order valence-corrected chi connectivity index (χ4v) is 2.18. The second-order valence-electron chi connectivity index (χ2n) is 5.00. The number of aromatic carboxylic acids is 1. The molecule has 6 nitrogen and oxygen atoms in total. The number of carboxylic acid groups (broad SMARTS) is 1. The summed E-state index contributed by atoms with van der Waals surface area (Å²) in [6.45, 7) is 7.57. The summed E-state index contributed by atoms with van der Waals surface area (Å²) >= 11 is 0. The summed E-state index contributed by atoms with van der Waals surface area (Å²) in [4.78, 5) is 16.1. The number of pyridine rings is 1. The largest absolute Gasteiger partial charge is 0.478 e. The Bertz CT molecular complexity index is 785. The smallest absolute Gasteiger partial charge is 0.336 e. The van der Waals surface area contributed by atoms with E-state index in [0.717, 1.165) is 0 Å². The Morgan fingerprint density at radius 1 is 1.50 bits per heavy atom. The van der Waals surface area contributed by atoms with Gasteiger partial charge in [-0.15, -0.1) is 0 Å². The van der Waals surface area contributed by atoms with Gasteiger partial charge in [-0.2, -0.15) is 5.10 Å². The van der Waals surface area contributed by atoms with Crippen LogP contribution in [-0.2, 0) is 0 Å². The summed E-state index contributed by atoms with van der Waals surface area (Å²) < 4.78 is 1.70. The van der Waals surface area contributed by atoms with Crippen LogP contribution in [-0.4, -0.2) is 25.8 Å². The molecule has 2 heterocycles. The van der Waals surface area contributed by atoms with Gasteiger partial charge in [0.15, 0.2) is 5.65 Å². The molecule has 0 unspecified atom stereocenters. The van der Waals surface area contributed by atoms with Crippen LogP contribution < -0.4 is 5.73 Å². The van der Waals surface area contributed by atoms with Gasteiger partial charge in [0, 0.05) is 11.6 Å². The van der Waals surface area contributed by atoms with Crippen molar-refractivity contribution in [3.63, 3.8) is 0 Å². The van der Waals surface area contributed by atoms with Gasteiger partial charge in [0.25, 0.3) is 0 Å². The monoisotopic (exact) mass is 298 g/mol. The van der Waals surface area contributed by atoms with E-state index in [1.54, 1.807) is 22.9 Å². The maximum atomic E-state index is 11.5. The number of carbonyl (C=O) groups is 1. The van der Waals surface area contributed by atoms with Crippen LogP contribution in [0.25, 0.3) is 16.6 Å². The number of nitrogens with zero attached hydrogens (tertiary/aromatic N) is 3. The van der Waals surface area contributed by atoms with E-state index in [4.69, 9.17) is 5.73 Å². The van der Waals surface area contributed by atoms with Crippen molar-refractivity contribution < 1.29 is 9.90 Å². The molecule has 0 saturated carbocycles. The van der Waals surface area contributed by atoms with Gasteiger partial charge in [0.2, 0.25) is 0 Å². The normalized spacial score (nSPS) is 12.4. The zero-order chi connectivity index (χ0) is 16.3. The van der Waals surface area contributed by atoms with Crippen LogP contribution in [0, 0.1) is 0 Å². The molecule has 2 aromatic heterocycles. The van der Waals surface area contributed by atoms with Gasteiger partial charge >= 0.3 is 5.97 Å². The van der Waals surface area contributed by atoms with Gasteiger partial charge in [-0.25, -0.2) is 14.5 Å². The van der Waals surface area contributed by atoms with Crippen molar-refractivity contribution in [2.24, 2.45) is 5.73 Å². The fraction of sp³-hybridized carbons (Fsp3) is 0.188. The van der Waals surface area contributed by atoms with Crippen molar-refractivity contribution in [3.05, 3.63) is 54.5 Å². The van der Waals surface area contributed by atoms with Gasteiger partial charge in [0.05, 0.1) is 22.8 Å². The molecular weight excluding hydrogens is 280 g/mol. The molecule has 22 heavy (non-hydrogen) atoms. The first-order valence-corrected chi connectivity index (χ1v) is 6.82. The number of allylic oxidation sites excluding steroid dienone is 4. The summed E-state index contributed by atoms with van der Waals surface area (Å²) in [5.41, 5.74) is 7.33. The van der Waals surface area contributed by atoms with Crippen LogP contribution >= 0.6 is 0 Å². The summed E-state index contributed by atoms with van der Waals surface area (Å²) in [6, 6.07) is 1.59. The molecular formula is C16H18N4O2. The quantitative estimate of drug-likeness (QED) is 0.828. The van der Waals surface area contributed by atoms with Gasteiger partial charge < -0.3 is 10.8 Å². The Hall–Kier alpha value is -2.89. The molecule has 0 saturated heterocycles. The predicted octanol–water partition coefficient (Wildman–Crippen LogP) is 2.75. The average Bonchev–Trinajstić information content (AvgIpc) is 2.89. The van der Waals surface area contributed by atoms with Crippen molar-refractivity contribution in [1.82, 2.24) is 14.8 Å². The highest BCUT2D eigenvalue weighted by Gasteiger charge is 2.17. The summed E-state index contributed by atoms with van der Waals surface area (Å²) in [6.07, 6.45) is 7.88. The first kappa shape index (κ1) is 15.5. The van der Waals surface area contributed by atoms with E-state index in [1.165, 1.54) is 18.5 Å². The van der Waals surface area contributed by atoms with Gasteiger partial charge in [-0.1, -0.05) is 18.7 Å². The van der Waals surface area contributed by atoms with Crippen molar-refractivity contribution in [2.75, 3.05) is 0 Å². The van der Waals surface area contributed by atoms with Crippen molar-refractivity contribution in [3.8, 4) is 0 Å². The lowest BCUT2D eigenvalue weighted by molar-refractivity contribution is 0.0699. The fourth-order valence-electron chi connectivity index (χ4n) is 2.18. The predicted molar refractivity (Wildman–Crippen MR) is 86.4 cm³/mol. The molecule has 2 rings (SSSR count). The molecule has 3 N–H and O–H groups in total. The second kappa shape index (κ2) is 6.26. The SMILES string of the molecule is C=C/C=C(\C=C/N)c1cc(C(=O)O)c2cnn(C(C)C)c2n1. The topological polar surface area (TPSA) is 94.0 Å². The number of aromatic nitrogens is 3. The van der Waals surface area contributed by atoms with Gasteiger partial charge in [0.1, 0.15) is 0 Å². The molecule has 0 spiro atoms. The third-order valence-electron chi connectivity index (χ3n) is 3.16. The van der Waals surface area contributed by atoms with E-state index < -0.39 is 5.97 Å². The number of carboxylic acids is 1. The molecule has 0 radical (unpaired) electrons. The number of hydrogen-bond donors (Lipinski definition) is 2. The van der Waals surface area contributed by atoms with Crippen molar-refractivity contribution >= 4 is 22.6 Å². The van der Waals surface area contributed by atoms with E-state index in [2.05, 4.69) is 16.7 Å². The Balaban J connectivity index is 2.81. The lowest BCUT2D eigenvalue weighted by Gasteiger charge is -2.09. The highest BCUT2D eigenvalue weighted by Crippen LogP contribution is 2.24. The third kappa shape index (κ3) is 2.76. The Kier molecular flexibility index (Phi) is 4.41. The van der Waals surface area contributed by atoms with Crippen molar-refractivity contribution in [1.29, 1.82) is 0 Å². The molecule has 114 valence electrons. The van der Waals surface area contributed by atoms with Crippen molar-refractivity contribution in [2.45, 2.75) is 19.9 Å². The molecule has 0 aromatic carbocycles. The van der Waals surface area contributed by atoms with E-state index in [9.17, 15) is 9.90 Å². The highest BCUT2D eigenvalue weighted by molar-refractivity contribution is 6.02. The Morgan fingerprint density at radius 2 is 2.23 bits per heavy atom. The standard InChI is InChI=1S/C16H18N4O2/c1-4-5-11(6-7-17)14-8-12(16(21)22)13-9-18-20(10(2)3)15(13)19-14/h4-10H,1,17H2,2-3H3,(H,21,22)/b7-6-,11-5+. The van der Waals surface area contributed by atoms with E-state index in [0.29, 0.717) is 22.3 Å². The lowest BCUT2D eigenvalue weighted by atomic mass is 10.1.